The monoisotopic (exact) mass is 249 g/mol. The maximum Gasteiger partial charge on any atom is 0.161 e. The molecule has 1 rings (SSSR count). The topological polar surface area (TPSA) is 23.8 Å². The second kappa shape index (κ2) is 3.79. The third-order valence-electron chi connectivity index (χ3n) is 1.43. The lowest BCUT2D eigenvalue weighted by Gasteiger charge is -2.03. The van der Waals surface area contributed by atoms with Crippen molar-refractivity contribution >= 4 is 15.9 Å². The number of hydrogen-bond donors (Lipinski definition) is 0. The highest BCUT2D eigenvalue weighted by atomic mass is 79.9. The van der Waals surface area contributed by atoms with Crippen LogP contribution in [0.2, 0.25) is 0 Å². The Balaban J connectivity index is 3.25. The fourth-order valence-electron chi connectivity index (χ4n) is 0.802. The fraction of sp³-hybridized carbons (Fsp3) is 0.125. The zero-order chi connectivity index (χ0) is 10.0. The molecule has 0 N–H and O–H groups in total. The van der Waals surface area contributed by atoms with Gasteiger partial charge in [0.25, 0.3) is 0 Å². The second-order valence-corrected chi connectivity index (χ2v) is 3.20. The molecule has 1 aromatic rings. The lowest BCUT2D eigenvalue weighted by atomic mass is 10.1. The zero-order valence-electron chi connectivity index (χ0n) is 6.19. The molecule has 5 heteroatoms. The Morgan fingerprint density at radius 3 is 2.23 bits per heavy atom. The van der Waals surface area contributed by atoms with Crippen molar-refractivity contribution in [2.24, 2.45) is 0 Å². The van der Waals surface area contributed by atoms with E-state index in [1.807, 2.05) is 0 Å². The van der Waals surface area contributed by atoms with Crippen LogP contribution in [0, 0.1) is 28.8 Å². The minimum absolute atomic E-state index is 0.207. The van der Waals surface area contributed by atoms with E-state index >= 15 is 0 Å². The van der Waals surface area contributed by atoms with Gasteiger partial charge in [-0.25, -0.2) is 13.2 Å². The lowest BCUT2D eigenvalue weighted by molar-refractivity contribution is 0.491. The molecule has 0 aromatic heterocycles. The van der Waals surface area contributed by atoms with Crippen molar-refractivity contribution in [2.45, 2.75) is 4.83 Å². The van der Waals surface area contributed by atoms with Crippen LogP contribution in [0.15, 0.2) is 12.1 Å². The van der Waals surface area contributed by atoms with Crippen molar-refractivity contribution in [1.82, 2.24) is 0 Å². The minimum Gasteiger partial charge on any atom is -0.207 e. The maximum atomic E-state index is 12.9. The minimum atomic E-state index is -1.26. The second-order valence-electron chi connectivity index (χ2n) is 2.28. The van der Waals surface area contributed by atoms with Crippen molar-refractivity contribution in [3.63, 3.8) is 0 Å². The number of halogens is 4. The molecule has 0 saturated heterocycles. The Morgan fingerprint density at radius 2 is 1.69 bits per heavy atom. The number of rotatable bonds is 1. The number of benzene rings is 1. The van der Waals surface area contributed by atoms with Gasteiger partial charge in [-0.15, -0.1) is 0 Å². The Morgan fingerprint density at radius 1 is 1.15 bits per heavy atom. The van der Waals surface area contributed by atoms with E-state index < -0.39 is 22.3 Å². The van der Waals surface area contributed by atoms with E-state index in [1.54, 1.807) is 6.07 Å². The summed E-state index contributed by atoms with van der Waals surface area (Å²) in [5, 5.41) is 8.39. The Bertz CT molecular complexity index is 372. The van der Waals surface area contributed by atoms with Crippen molar-refractivity contribution in [1.29, 1.82) is 5.26 Å². The Labute approximate surface area is 80.9 Å². The molecule has 13 heavy (non-hydrogen) atoms. The average Bonchev–Trinajstić information content (AvgIpc) is 2.10. The smallest absolute Gasteiger partial charge is 0.161 e. The molecular weight excluding hydrogens is 247 g/mol. The van der Waals surface area contributed by atoms with E-state index in [-0.39, 0.29) is 5.56 Å². The fourth-order valence-corrected chi connectivity index (χ4v) is 1.15. The third-order valence-corrected chi connectivity index (χ3v) is 2.12. The quantitative estimate of drug-likeness (QED) is 0.555. The molecule has 0 fully saturated rings. The standard InChI is InChI=1S/C8H3BrF3N/c9-5(3-13)4-1-7(11)8(12)2-6(4)10/h1-2,5H. The van der Waals surface area contributed by atoms with E-state index in [1.165, 1.54) is 0 Å². The SMILES string of the molecule is N#CC(Br)c1cc(F)c(F)cc1F. The summed E-state index contributed by atoms with van der Waals surface area (Å²) >= 11 is 2.80. The summed E-state index contributed by atoms with van der Waals surface area (Å²) in [6.45, 7) is 0. The average molecular weight is 250 g/mol. The molecule has 1 aromatic carbocycles. The number of hydrogen-bond acceptors (Lipinski definition) is 1. The van der Waals surface area contributed by atoms with Gasteiger partial charge in [0, 0.05) is 11.6 Å². The van der Waals surface area contributed by atoms with E-state index in [2.05, 4.69) is 15.9 Å². The van der Waals surface area contributed by atoms with E-state index in [0.29, 0.717) is 12.1 Å². The number of alkyl halides is 1. The third kappa shape index (κ3) is 2.01. The Kier molecular flexibility index (Phi) is 2.94. The zero-order valence-corrected chi connectivity index (χ0v) is 7.78. The maximum absolute atomic E-state index is 12.9. The van der Waals surface area contributed by atoms with E-state index in [0.717, 1.165) is 0 Å². The first kappa shape index (κ1) is 10.1. The van der Waals surface area contributed by atoms with E-state index in [4.69, 9.17) is 5.26 Å². The predicted octanol–water partition coefficient (Wildman–Crippen LogP) is 3.06. The van der Waals surface area contributed by atoms with Crippen LogP contribution in [0.1, 0.15) is 10.4 Å². The molecule has 0 aliphatic heterocycles. The van der Waals surface area contributed by atoms with Gasteiger partial charge >= 0.3 is 0 Å². The molecule has 68 valence electrons. The van der Waals surface area contributed by atoms with Gasteiger partial charge in [0.15, 0.2) is 11.6 Å². The first-order chi connectivity index (χ1) is 6.06. The molecule has 0 saturated carbocycles. The summed E-state index contributed by atoms with van der Waals surface area (Å²) in [6.07, 6.45) is 0. The van der Waals surface area contributed by atoms with Gasteiger partial charge in [0.1, 0.15) is 10.6 Å². The first-order valence-electron chi connectivity index (χ1n) is 3.24. The van der Waals surface area contributed by atoms with Crippen LogP contribution in [-0.2, 0) is 0 Å². The molecule has 1 atom stereocenters. The van der Waals surface area contributed by atoms with Gasteiger partial charge in [-0.05, 0) is 6.07 Å². The van der Waals surface area contributed by atoms with Crippen molar-refractivity contribution < 1.29 is 13.2 Å². The van der Waals surface area contributed by atoms with E-state index in [9.17, 15) is 13.2 Å². The van der Waals surface area contributed by atoms with Crippen LogP contribution in [0.4, 0.5) is 13.2 Å². The van der Waals surface area contributed by atoms with Crippen molar-refractivity contribution in [3.8, 4) is 6.07 Å². The van der Waals surface area contributed by atoms with Gasteiger partial charge in [0.05, 0.1) is 6.07 Å². The molecule has 1 nitrogen and oxygen atoms in total. The van der Waals surface area contributed by atoms with Gasteiger partial charge in [0.2, 0.25) is 0 Å². The van der Waals surface area contributed by atoms with Crippen LogP contribution in [0.25, 0.3) is 0 Å². The molecular formula is C8H3BrF3N. The van der Waals surface area contributed by atoms with Crippen LogP contribution in [-0.4, -0.2) is 0 Å². The molecule has 0 aliphatic rings. The molecule has 0 bridgehead atoms. The molecule has 1 unspecified atom stereocenters. The molecule has 0 aliphatic carbocycles. The van der Waals surface area contributed by atoms with Crippen LogP contribution in [0.3, 0.4) is 0 Å². The summed E-state index contributed by atoms with van der Waals surface area (Å²) < 4.78 is 37.9. The van der Waals surface area contributed by atoms with Gasteiger partial charge in [-0.3, -0.25) is 0 Å². The lowest BCUT2D eigenvalue weighted by Crippen LogP contribution is -1.96. The summed E-state index contributed by atoms with van der Waals surface area (Å²) in [5.74, 6) is -3.38. The predicted molar refractivity (Wildman–Crippen MR) is 43.6 cm³/mol. The van der Waals surface area contributed by atoms with Gasteiger partial charge in [-0.1, -0.05) is 15.9 Å². The van der Waals surface area contributed by atoms with Crippen LogP contribution in [0.5, 0.6) is 0 Å². The molecule has 0 heterocycles. The summed E-state index contributed by atoms with van der Waals surface area (Å²) in [5.41, 5.74) is -0.207. The van der Waals surface area contributed by atoms with Gasteiger partial charge < -0.3 is 0 Å². The van der Waals surface area contributed by atoms with Crippen LogP contribution >= 0.6 is 15.9 Å². The highest BCUT2D eigenvalue weighted by molar-refractivity contribution is 9.09. The van der Waals surface area contributed by atoms with Crippen molar-refractivity contribution in [2.75, 3.05) is 0 Å². The summed E-state index contributed by atoms with van der Waals surface area (Å²) in [7, 11) is 0. The number of nitrogens with zero attached hydrogens (tertiary/aromatic N) is 1. The highest BCUT2D eigenvalue weighted by Gasteiger charge is 2.15. The normalized spacial score (nSPS) is 12.2. The largest absolute Gasteiger partial charge is 0.207 e. The Hall–Kier alpha value is -1.02. The summed E-state index contributed by atoms with van der Waals surface area (Å²) in [6, 6.07) is 2.73. The molecule has 0 radical (unpaired) electrons. The van der Waals surface area contributed by atoms with Gasteiger partial charge in [-0.2, -0.15) is 5.26 Å². The summed E-state index contributed by atoms with van der Waals surface area (Å²) in [4.78, 5) is -0.970. The first-order valence-corrected chi connectivity index (χ1v) is 4.16. The molecule has 0 amide bonds. The highest BCUT2D eigenvalue weighted by Crippen LogP contribution is 2.26. The number of nitriles is 1. The van der Waals surface area contributed by atoms with Crippen LogP contribution < -0.4 is 0 Å². The molecule has 0 spiro atoms. The van der Waals surface area contributed by atoms with Crippen molar-refractivity contribution in [3.05, 3.63) is 35.1 Å².